The Balaban J connectivity index is 3.14. The van der Waals surface area contributed by atoms with Crippen molar-refractivity contribution >= 4 is 17.3 Å². The van der Waals surface area contributed by atoms with E-state index in [0.29, 0.717) is 13.1 Å². The molecule has 0 radical (unpaired) electrons. The van der Waals surface area contributed by atoms with E-state index in [2.05, 4.69) is 0 Å². The number of nitro groups is 1. The number of ether oxygens (including phenoxy) is 1. The molecule has 1 aromatic rings. The maximum Gasteiger partial charge on any atom is 0.284 e. The van der Waals surface area contributed by atoms with E-state index in [4.69, 9.17) is 10.5 Å². The third kappa shape index (κ3) is 4.06. The largest absolute Gasteiger partial charge is 0.495 e. The number of nitrogens with two attached hydrogens (primary N) is 1. The van der Waals surface area contributed by atoms with Crippen molar-refractivity contribution in [1.29, 1.82) is 0 Å². The fraction of sp³-hybridized carbons (Fsp3) is 0.462. The van der Waals surface area contributed by atoms with E-state index in [0.717, 1.165) is 6.07 Å². The molecule has 0 unspecified atom stereocenters. The van der Waals surface area contributed by atoms with Gasteiger partial charge in [0, 0.05) is 32.3 Å². The molecule has 0 aliphatic carbocycles. The molecule has 0 spiro atoms. The highest BCUT2D eigenvalue weighted by Gasteiger charge is 2.25. The number of benzene rings is 1. The highest BCUT2D eigenvalue weighted by molar-refractivity contribution is 5.99. The van der Waals surface area contributed by atoms with Crippen LogP contribution < -0.4 is 10.5 Å². The molecule has 0 bridgehead atoms. The summed E-state index contributed by atoms with van der Waals surface area (Å²) in [5.74, 6) is -0.202. The lowest BCUT2D eigenvalue weighted by Crippen LogP contribution is -2.33. The van der Waals surface area contributed by atoms with Gasteiger partial charge in [-0.2, -0.15) is 0 Å². The Morgan fingerprint density at radius 2 is 1.95 bits per heavy atom. The van der Waals surface area contributed by atoms with Gasteiger partial charge in [0.25, 0.3) is 11.6 Å². The number of likely N-dealkylation sites (N-methyl/N-ethyl adjacent to an activating group) is 2. The third-order valence-corrected chi connectivity index (χ3v) is 3.00. The molecule has 1 aromatic carbocycles. The average molecular weight is 296 g/mol. The zero-order valence-corrected chi connectivity index (χ0v) is 12.6. The Morgan fingerprint density at radius 3 is 2.43 bits per heavy atom. The van der Waals surface area contributed by atoms with Crippen LogP contribution in [0.25, 0.3) is 0 Å². The number of carbonyl (C=O) groups excluding carboxylic acids is 1. The summed E-state index contributed by atoms with van der Waals surface area (Å²) in [6.45, 7) is 1.11. The molecule has 1 rings (SSSR count). The number of nitrogens with zero attached hydrogens (tertiary/aromatic N) is 3. The molecule has 0 saturated carbocycles. The molecule has 21 heavy (non-hydrogen) atoms. The van der Waals surface area contributed by atoms with Crippen molar-refractivity contribution in [3.8, 4) is 5.75 Å². The molecule has 2 N–H and O–H groups in total. The monoisotopic (exact) mass is 296 g/mol. The Morgan fingerprint density at radius 1 is 1.33 bits per heavy atom. The van der Waals surface area contributed by atoms with Gasteiger partial charge >= 0.3 is 0 Å². The number of amides is 1. The first-order valence-electron chi connectivity index (χ1n) is 6.30. The second kappa shape index (κ2) is 6.89. The van der Waals surface area contributed by atoms with E-state index in [-0.39, 0.29) is 22.7 Å². The molecule has 0 atom stereocenters. The number of hydrogen-bond donors (Lipinski definition) is 1. The minimum absolute atomic E-state index is 0.0349. The normalized spacial score (nSPS) is 10.5. The number of nitrogen functional groups attached to an aromatic ring is 1. The molecule has 0 heterocycles. The maximum absolute atomic E-state index is 12.4. The fourth-order valence-electron chi connectivity index (χ4n) is 1.74. The predicted molar refractivity (Wildman–Crippen MR) is 79.6 cm³/mol. The van der Waals surface area contributed by atoms with E-state index in [9.17, 15) is 14.9 Å². The lowest BCUT2D eigenvalue weighted by atomic mass is 10.1. The number of methoxy groups -OCH3 is 1. The number of hydrogen-bond acceptors (Lipinski definition) is 6. The Bertz CT molecular complexity index is 545. The van der Waals surface area contributed by atoms with Gasteiger partial charge in [0.15, 0.2) is 0 Å². The Hall–Kier alpha value is -2.35. The Labute approximate surface area is 123 Å². The summed E-state index contributed by atoms with van der Waals surface area (Å²) < 4.78 is 5.02. The van der Waals surface area contributed by atoms with Crippen molar-refractivity contribution in [3.05, 3.63) is 27.8 Å². The SMILES string of the molecule is COc1cc(C(=O)N(C)CCN(C)C)c([N+](=O)[O-])cc1N. The molecule has 1 amide bonds. The standard InChI is InChI=1S/C13H20N4O4/c1-15(2)5-6-16(3)13(18)9-7-12(21-4)10(14)8-11(9)17(19)20/h7-8H,5-6,14H2,1-4H3. The summed E-state index contributed by atoms with van der Waals surface area (Å²) in [5.41, 5.74) is 5.42. The zero-order chi connectivity index (χ0) is 16.2. The summed E-state index contributed by atoms with van der Waals surface area (Å²) in [6, 6.07) is 2.45. The number of nitro benzene ring substituents is 1. The van der Waals surface area contributed by atoms with Crippen LogP contribution in [0.3, 0.4) is 0 Å². The van der Waals surface area contributed by atoms with Crippen LogP contribution in [0.2, 0.25) is 0 Å². The second-order valence-corrected chi connectivity index (χ2v) is 4.90. The maximum atomic E-state index is 12.4. The van der Waals surface area contributed by atoms with Crippen molar-refractivity contribution in [2.75, 3.05) is 47.1 Å². The first kappa shape index (κ1) is 16.7. The smallest absolute Gasteiger partial charge is 0.284 e. The van der Waals surface area contributed by atoms with Gasteiger partial charge in [-0.05, 0) is 14.1 Å². The van der Waals surface area contributed by atoms with Gasteiger partial charge in [-0.1, -0.05) is 0 Å². The van der Waals surface area contributed by atoms with Gasteiger partial charge in [0.2, 0.25) is 0 Å². The predicted octanol–water partition coefficient (Wildman–Crippen LogP) is 0.819. The lowest BCUT2D eigenvalue weighted by Gasteiger charge is -2.20. The second-order valence-electron chi connectivity index (χ2n) is 4.90. The summed E-state index contributed by atoms with van der Waals surface area (Å²) in [7, 11) is 6.75. The highest BCUT2D eigenvalue weighted by Crippen LogP contribution is 2.31. The van der Waals surface area contributed by atoms with Gasteiger partial charge in [-0.15, -0.1) is 0 Å². The van der Waals surface area contributed by atoms with Crippen molar-refractivity contribution in [2.24, 2.45) is 0 Å². The number of rotatable bonds is 6. The van der Waals surface area contributed by atoms with Gasteiger partial charge in [-0.3, -0.25) is 14.9 Å². The summed E-state index contributed by atoms with van der Waals surface area (Å²) in [6.07, 6.45) is 0. The van der Waals surface area contributed by atoms with E-state index in [1.165, 1.54) is 18.1 Å². The molecular weight excluding hydrogens is 276 g/mol. The van der Waals surface area contributed by atoms with Gasteiger partial charge in [0.1, 0.15) is 11.3 Å². The molecular formula is C13H20N4O4. The molecule has 0 fully saturated rings. The minimum Gasteiger partial charge on any atom is -0.495 e. The fourth-order valence-corrected chi connectivity index (χ4v) is 1.74. The van der Waals surface area contributed by atoms with Crippen LogP contribution >= 0.6 is 0 Å². The molecule has 8 nitrogen and oxygen atoms in total. The molecule has 8 heteroatoms. The third-order valence-electron chi connectivity index (χ3n) is 3.00. The van der Waals surface area contributed by atoms with Crippen LogP contribution in [0, 0.1) is 10.1 Å². The zero-order valence-electron chi connectivity index (χ0n) is 12.6. The van der Waals surface area contributed by atoms with Crippen LogP contribution in [0.15, 0.2) is 12.1 Å². The molecule has 0 saturated heterocycles. The summed E-state index contributed by atoms with van der Waals surface area (Å²) in [5, 5.41) is 11.1. The quantitative estimate of drug-likeness (QED) is 0.473. The van der Waals surface area contributed by atoms with Crippen LogP contribution in [0.5, 0.6) is 5.75 Å². The van der Waals surface area contributed by atoms with Crippen molar-refractivity contribution in [1.82, 2.24) is 9.80 Å². The minimum atomic E-state index is -0.622. The van der Waals surface area contributed by atoms with Gasteiger partial charge in [-0.25, -0.2) is 0 Å². The van der Waals surface area contributed by atoms with E-state index in [1.54, 1.807) is 7.05 Å². The van der Waals surface area contributed by atoms with Gasteiger partial charge < -0.3 is 20.3 Å². The summed E-state index contributed by atoms with van der Waals surface area (Å²) >= 11 is 0. The number of anilines is 1. The van der Waals surface area contributed by atoms with Crippen LogP contribution in [0.4, 0.5) is 11.4 Å². The topological polar surface area (TPSA) is 102 Å². The van der Waals surface area contributed by atoms with Gasteiger partial charge in [0.05, 0.1) is 17.7 Å². The number of carbonyl (C=O) groups is 1. The van der Waals surface area contributed by atoms with E-state index >= 15 is 0 Å². The molecule has 0 aromatic heterocycles. The van der Waals surface area contributed by atoms with Crippen LogP contribution in [0.1, 0.15) is 10.4 Å². The first-order chi connectivity index (χ1) is 9.77. The first-order valence-corrected chi connectivity index (χ1v) is 6.30. The average Bonchev–Trinajstić information content (AvgIpc) is 2.43. The van der Waals surface area contributed by atoms with Crippen LogP contribution in [-0.2, 0) is 0 Å². The highest BCUT2D eigenvalue weighted by atomic mass is 16.6. The van der Waals surface area contributed by atoms with Crippen molar-refractivity contribution in [2.45, 2.75) is 0 Å². The summed E-state index contributed by atoms with van der Waals surface area (Å²) in [4.78, 5) is 26.2. The van der Waals surface area contributed by atoms with Crippen LogP contribution in [-0.4, -0.2) is 62.0 Å². The Kier molecular flexibility index (Phi) is 5.48. The van der Waals surface area contributed by atoms with E-state index < -0.39 is 10.8 Å². The van der Waals surface area contributed by atoms with Crippen molar-refractivity contribution in [3.63, 3.8) is 0 Å². The van der Waals surface area contributed by atoms with Crippen molar-refractivity contribution < 1.29 is 14.5 Å². The molecule has 116 valence electrons. The lowest BCUT2D eigenvalue weighted by molar-refractivity contribution is -0.385. The van der Waals surface area contributed by atoms with E-state index in [1.807, 2.05) is 19.0 Å². The molecule has 0 aliphatic heterocycles. The molecule has 0 aliphatic rings.